The third-order valence-corrected chi connectivity index (χ3v) is 8.74. The first-order valence-electron chi connectivity index (χ1n) is 19.1. The molecule has 0 fully saturated rings. The Labute approximate surface area is 291 Å². The van der Waals surface area contributed by atoms with Crippen LogP contribution >= 0.6 is 0 Å². The van der Waals surface area contributed by atoms with E-state index in [1.165, 1.54) is 95.5 Å². The highest BCUT2D eigenvalue weighted by Gasteiger charge is 2.16. The topological polar surface area (TPSA) is 97.6 Å². The molecule has 1 unspecified atom stereocenters. The SMILES string of the molecule is CCCCCCCCCCCCCCCCCC(=O)OCC(CO)OC(=O)CCCc1ccc(N=Nc2ccc(CCCC)cc2)cc1. The van der Waals surface area contributed by atoms with E-state index >= 15 is 0 Å². The molecule has 2 aromatic carbocycles. The predicted molar refractivity (Wildman–Crippen MR) is 196 cm³/mol. The minimum Gasteiger partial charge on any atom is -0.462 e. The smallest absolute Gasteiger partial charge is 0.306 e. The Morgan fingerprint density at radius 1 is 0.562 bits per heavy atom. The van der Waals surface area contributed by atoms with Gasteiger partial charge in [0.15, 0.2) is 6.10 Å². The average molecular weight is 665 g/mol. The summed E-state index contributed by atoms with van der Waals surface area (Å²) in [6, 6.07) is 16.0. The fraction of sp³-hybridized carbons (Fsp3) is 0.659. The van der Waals surface area contributed by atoms with Crippen molar-refractivity contribution in [3.63, 3.8) is 0 Å². The van der Waals surface area contributed by atoms with Crippen molar-refractivity contribution < 1.29 is 24.2 Å². The molecule has 0 aromatic heterocycles. The van der Waals surface area contributed by atoms with Gasteiger partial charge in [-0.1, -0.05) is 134 Å². The van der Waals surface area contributed by atoms with Gasteiger partial charge in [0.2, 0.25) is 0 Å². The second-order valence-electron chi connectivity index (χ2n) is 13.2. The Hall–Kier alpha value is -3.06. The number of rotatable bonds is 29. The number of aliphatic hydroxyl groups is 1. The zero-order valence-electron chi connectivity index (χ0n) is 30.1. The van der Waals surface area contributed by atoms with Crippen LogP contribution in [-0.2, 0) is 31.9 Å². The van der Waals surface area contributed by atoms with E-state index < -0.39 is 12.1 Å². The lowest BCUT2D eigenvalue weighted by molar-refractivity contribution is -0.161. The van der Waals surface area contributed by atoms with E-state index in [0.29, 0.717) is 19.3 Å². The molecule has 0 saturated heterocycles. The molecule has 0 aliphatic rings. The fourth-order valence-electron chi connectivity index (χ4n) is 5.66. The number of aliphatic hydroxyl groups excluding tert-OH is 1. The second kappa shape index (κ2) is 27.8. The molecule has 1 atom stereocenters. The van der Waals surface area contributed by atoms with Crippen molar-refractivity contribution in [3.05, 3.63) is 59.7 Å². The molecule has 0 bridgehead atoms. The van der Waals surface area contributed by atoms with Crippen LogP contribution in [0.4, 0.5) is 11.4 Å². The van der Waals surface area contributed by atoms with Crippen molar-refractivity contribution in [2.45, 2.75) is 161 Å². The molecule has 2 aromatic rings. The maximum atomic E-state index is 12.3. The first kappa shape index (κ1) is 41.1. The van der Waals surface area contributed by atoms with Crippen molar-refractivity contribution in [1.29, 1.82) is 0 Å². The summed E-state index contributed by atoms with van der Waals surface area (Å²) in [5.74, 6) is -0.707. The molecule has 7 heteroatoms. The van der Waals surface area contributed by atoms with Crippen LogP contribution in [-0.4, -0.2) is 36.4 Å². The first-order valence-corrected chi connectivity index (χ1v) is 19.1. The highest BCUT2D eigenvalue weighted by Crippen LogP contribution is 2.21. The number of unbranched alkanes of at least 4 members (excludes halogenated alkanes) is 15. The van der Waals surface area contributed by atoms with E-state index in [2.05, 4.69) is 36.2 Å². The van der Waals surface area contributed by atoms with E-state index in [1.807, 2.05) is 36.4 Å². The van der Waals surface area contributed by atoms with Crippen LogP contribution in [0.25, 0.3) is 0 Å². The molecule has 1 N–H and O–H groups in total. The third-order valence-electron chi connectivity index (χ3n) is 8.74. The Bertz CT molecular complexity index is 1120. The molecule has 0 aliphatic heterocycles. The Balaban J connectivity index is 1.48. The molecule has 0 heterocycles. The highest BCUT2D eigenvalue weighted by atomic mass is 16.6. The maximum Gasteiger partial charge on any atom is 0.306 e. The molecule has 0 radical (unpaired) electrons. The summed E-state index contributed by atoms with van der Waals surface area (Å²) in [5.41, 5.74) is 4.01. The molecule has 48 heavy (non-hydrogen) atoms. The summed E-state index contributed by atoms with van der Waals surface area (Å²) in [7, 11) is 0. The largest absolute Gasteiger partial charge is 0.462 e. The van der Waals surface area contributed by atoms with E-state index in [-0.39, 0.29) is 25.6 Å². The van der Waals surface area contributed by atoms with Gasteiger partial charge in [0, 0.05) is 12.8 Å². The monoisotopic (exact) mass is 664 g/mol. The molecular formula is C41H64N2O5. The van der Waals surface area contributed by atoms with Crippen LogP contribution in [0.3, 0.4) is 0 Å². The zero-order chi connectivity index (χ0) is 34.5. The summed E-state index contributed by atoms with van der Waals surface area (Å²) in [5, 5.41) is 18.3. The molecule has 7 nitrogen and oxygen atoms in total. The number of carbonyl (C=O) groups excluding carboxylic acids is 2. The number of hydrogen-bond acceptors (Lipinski definition) is 7. The van der Waals surface area contributed by atoms with Crippen LogP contribution in [0.2, 0.25) is 0 Å². The molecular weight excluding hydrogens is 600 g/mol. The van der Waals surface area contributed by atoms with Gasteiger partial charge in [0.05, 0.1) is 18.0 Å². The third kappa shape index (κ3) is 21.0. The van der Waals surface area contributed by atoms with Gasteiger partial charge in [-0.05, 0) is 67.5 Å². The highest BCUT2D eigenvalue weighted by molar-refractivity contribution is 5.70. The number of hydrogen-bond donors (Lipinski definition) is 1. The van der Waals surface area contributed by atoms with Gasteiger partial charge in [-0.3, -0.25) is 9.59 Å². The van der Waals surface area contributed by atoms with Crippen molar-refractivity contribution >= 4 is 23.3 Å². The maximum absolute atomic E-state index is 12.3. The summed E-state index contributed by atoms with van der Waals surface area (Å²) < 4.78 is 10.6. The average Bonchev–Trinajstić information content (AvgIpc) is 3.10. The molecule has 0 aliphatic carbocycles. The van der Waals surface area contributed by atoms with E-state index in [9.17, 15) is 14.7 Å². The lowest BCUT2D eigenvalue weighted by Crippen LogP contribution is -2.28. The Kier molecular flexibility index (Phi) is 23.9. The summed E-state index contributed by atoms with van der Waals surface area (Å²) >= 11 is 0. The Morgan fingerprint density at radius 3 is 1.44 bits per heavy atom. The summed E-state index contributed by atoms with van der Waals surface area (Å²) in [6.45, 7) is 3.97. The van der Waals surface area contributed by atoms with Crippen molar-refractivity contribution in [2.75, 3.05) is 13.2 Å². The van der Waals surface area contributed by atoms with Crippen molar-refractivity contribution in [2.24, 2.45) is 10.2 Å². The van der Waals surface area contributed by atoms with Gasteiger partial charge >= 0.3 is 11.9 Å². The van der Waals surface area contributed by atoms with Crippen LogP contribution in [0, 0.1) is 0 Å². The Morgan fingerprint density at radius 2 is 0.979 bits per heavy atom. The standard InChI is InChI=1S/C41H64N2O5/c1-3-5-7-8-9-10-11-12-13-14-15-16-17-18-19-23-40(45)47-34-39(33-44)48-41(46)24-20-22-36-27-31-38(32-28-36)43-42-37-29-25-35(26-30-37)21-6-4-2/h25-32,39,44H,3-24,33-34H2,1-2H3. The molecule has 0 spiro atoms. The van der Waals surface area contributed by atoms with Gasteiger partial charge in [-0.15, -0.1) is 0 Å². The zero-order valence-corrected chi connectivity index (χ0v) is 30.1. The minimum absolute atomic E-state index is 0.112. The predicted octanol–water partition coefficient (Wildman–Crippen LogP) is 11.5. The normalized spacial score (nSPS) is 12.0. The fourth-order valence-corrected chi connectivity index (χ4v) is 5.66. The van der Waals surface area contributed by atoms with Crippen LogP contribution < -0.4 is 0 Å². The van der Waals surface area contributed by atoms with E-state index in [4.69, 9.17) is 9.47 Å². The number of benzene rings is 2. The summed E-state index contributed by atoms with van der Waals surface area (Å²) in [6.07, 6.45) is 23.7. The van der Waals surface area contributed by atoms with Gasteiger partial charge in [-0.25, -0.2) is 0 Å². The number of ether oxygens (including phenoxy) is 2. The summed E-state index contributed by atoms with van der Waals surface area (Å²) in [4.78, 5) is 24.5. The van der Waals surface area contributed by atoms with Crippen molar-refractivity contribution in [3.8, 4) is 0 Å². The van der Waals surface area contributed by atoms with Crippen molar-refractivity contribution in [1.82, 2.24) is 0 Å². The second-order valence-corrected chi connectivity index (χ2v) is 13.2. The number of nitrogens with zero attached hydrogens (tertiary/aromatic N) is 2. The quantitative estimate of drug-likeness (QED) is 0.0530. The molecule has 268 valence electrons. The molecule has 0 saturated carbocycles. The van der Waals surface area contributed by atoms with Gasteiger partial charge in [0.1, 0.15) is 6.61 Å². The van der Waals surface area contributed by atoms with E-state index in [0.717, 1.165) is 42.6 Å². The lowest BCUT2D eigenvalue weighted by Gasteiger charge is -2.15. The van der Waals surface area contributed by atoms with Gasteiger partial charge in [-0.2, -0.15) is 10.2 Å². The van der Waals surface area contributed by atoms with Crippen LogP contribution in [0.15, 0.2) is 58.8 Å². The molecule has 0 amide bonds. The van der Waals surface area contributed by atoms with Gasteiger partial charge < -0.3 is 14.6 Å². The van der Waals surface area contributed by atoms with Gasteiger partial charge in [0.25, 0.3) is 0 Å². The van der Waals surface area contributed by atoms with Crippen LogP contribution in [0.5, 0.6) is 0 Å². The van der Waals surface area contributed by atoms with Crippen LogP contribution in [0.1, 0.15) is 153 Å². The number of esters is 2. The molecule has 2 rings (SSSR count). The number of carbonyl (C=O) groups is 2. The number of aryl methyl sites for hydroxylation is 2. The lowest BCUT2D eigenvalue weighted by atomic mass is 10.0. The minimum atomic E-state index is -0.834. The van der Waals surface area contributed by atoms with E-state index in [1.54, 1.807) is 0 Å². The number of azo groups is 1. The first-order chi connectivity index (χ1) is 23.5.